The number of benzene rings is 1. The first-order valence-electron chi connectivity index (χ1n) is 8.64. The lowest BCUT2D eigenvalue weighted by atomic mass is 10.2. The maximum absolute atomic E-state index is 12.2. The van der Waals surface area contributed by atoms with Crippen molar-refractivity contribution in [2.24, 2.45) is 0 Å². The van der Waals surface area contributed by atoms with Gasteiger partial charge in [-0.2, -0.15) is 0 Å². The number of rotatable bonds is 7. The van der Waals surface area contributed by atoms with Crippen LogP contribution >= 0.6 is 0 Å². The second-order valence-corrected chi connectivity index (χ2v) is 6.18. The Hall–Kier alpha value is -1.65. The van der Waals surface area contributed by atoms with Crippen molar-refractivity contribution in [1.29, 1.82) is 0 Å². The molecule has 1 aliphatic heterocycles. The highest BCUT2D eigenvalue weighted by Crippen LogP contribution is 2.05. The summed E-state index contributed by atoms with van der Waals surface area (Å²) in [4.78, 5) is 16.5. The standard InChI is InChI=1S/C19H29N3O/c1-3-17(2)20-16-19(23)22-14-12-21(13-15-22)11-7-10-18-8-5-4-6-9-18/h4-10,17,20H,3,11-16H2,1-2H3/b10-7+. The zero-order chi connectivity index (χ0) is 16.5. The average molecular weight is 315 g/mol. The van der Waals surface area contributed by atoms with Gasteiger partial charge in [-0.05, 0) is 18.9 Å². The molecule has 1 fully saturated rings. The first-order valence-corrected chi connectivity index (χ1v) is 8.64. The van der Waals surface area contributed by atoms with E-state index in [1.54, 1.807) is 0 Å². The van der Waals surface area contributed by atoms with Crippen LogP contribution in [0.2, 0.25) is 0 Å². The Labute approximate surface area is 140 Å². The highest BCUT2D eigenvalue weighted by Gasteiger charge is 2.20. The maximum Gasteiger partial charge on any atom is 0.236 e. The van der Waals surface area contributed by atoms with Crippen LogP contribution in [0.4, 0.5) is 0 Å². The quantitative estimate of drug-likeness (QED) is 0.838. The first-order chi connectivity index (χ1) is 11.2. The van der Waals surface area contributed by atoms with Crippen LogP contribution in [0.15, 0.2) is 36.4 Å². The molecule has 1 saturated heterocycles. The number of carbonyl (C=O) groups excluding carboxylic acids is 1. The molecule has 4 heteroatoms. The van der Waals surface area contributed by atoms with Gasteiger partial charge >= 0.3 is 0 Å². The van der Waals surface area contributed by atoms with Gasteiger partial charge in [0.1, 0.15) is 0 Å². The van der Waals surface area contributed by atoms with Gasteiger partial charge in [-0.1, -0.05) is 49.4 Å². The van der Waals surface area contributed by atoms with Crippen LogP contribution < -0.4 is 5.32 Å². The Morgan fingerprint density at radius 3 is 2.57 bits per heavy atom. The molecule has 126 valence electrons. The molecule has 1 N–H and O–H groups in total. The number of piperazine rings is 1. The highest BCUT2D eigenvalue weighted by atomic mass is 16.2. The fourth-order valence-corrected chi connectivity index (χ4v) is 2.60. The van der Waals surface area contributed by atoms with Gasteiger partial charge in [0.05, 0.1) is 6.54 Å². The molecule has 1 aliphatic rings. The number of hydrogen-bond acceptors (Lipinski definition) is 3. The molecule has 23 heavy (non-hydrogen) atoms. The van der Waals surface area contributed by atoms with Crippen molar-refractivity contribution >= 4 is 12.0 Å². The smallest absolute Gasteiger partial charge is 0.236 e. The summed E-state index contributed by atoms with van der Waals surface area (Å²) >= 11 is 0. The second kappa shape index (κ2) is 9.48. The van der Waals surface area contributed by atoms with Gasteiger partial charge in [-0.25, -0.2) is 0 Å². The van der Waals surface area contributed by atoms with Gasteiger partial charge in [0, 0.05) is 38.8 Å². The molecule has 1 atom stereocenters. The number of nitrogens with zero attached hydrogens (tertiary/aromatic N) is 2. The molecule has 1 unspecified atom stereocenters. The van der Waals surface area contributed by atoms with Crippen LogP contribution in [0.1, 0.15) is 25.8 Å². The normalized spacial score (nSPS) is 17.6. The Balaban J connectivity index is 1.67. The molecular weight excluding hydrogens is 286 g/mol. The van der Waals surface area contributed by atoms with E-state index < -0.39 is 0 Å². The van der Waals surface area contributed by atoms with Crippen molar-refractivity contribution in [3.05, 3.63) is 42.0 Å². The molecular formula is C19H29N3O. The zero-order valence-corrected chi connectivity index (χ0v) is 14.4. The molecule has 2 rings (SSSR count). The van der Waals surface area contributed by atoms with Gasteiger partial charge in [-0.3, -0.25) is 9.69 Å². The summed E-state index contributed by atoms with van der Waals surface area (Å²) in [6, 6.07) is 10.8. The van der Waals surface area contributed by atoms with Crippen LogP contribution in [0.3, 0.4) is 0 Å². The Bertz CT molecular complexity index is 493. The third kappa shape index (κ3) is 6.16. The van der Waals surface area contributed by atoms with Crippen molar-refractivity contribution < 1.29 is 4.79 Å². The number of hydrogen-bond donors (Lipinski definition) is 1. The molecule has 1 aromatic rings. The van der Waals surface area contributed by atoms with E-state index in [-0.39, 0.29) is 5.91 Å². The summed E-state index contributed by atoms with van der Waals surface area (Å²) in [5.41, 5.74) is 1.23. The minimum Gasteiger partial charge on any atom is -0.339 e. The average Bonchev–Trinajstić information content (AvgIpc) is 2.61. The van der Waals surface area contributed by atoms with E-state index in [2.05, 4.69) is 60.5 Å². The highest BCUT2D eigenvalue weighted by molar-refractivity contribution is 5.78. The van der Waals surface area contributed by atoms with E-state index in [9.17, 15) is 4.79 Å². The molecule has 0 aliphatic carbocycles. The lowest BCUT2D eigenvalue weighted by Crippen LogP contribution is -2.51. The molecule has 0 radical (unpaired) electrons. The summed E-state index contributed by atoms with van der Waals surface area (Å²) in [7, 11) is 0. The molecule has 1 heterocycles. The van der Waals surface area contributed by atoms with Gasteiger partial charge in [0.15, 0.2) is 0 Å². The number of carbonyl (C=O) groups is 1. The second-order valence-electron chi connectivity index (χ2n) is 6.18. The SMILES string of the molecule is CCC(C)NCC(=O)N1CCN(C/C=C/c2ccccc2)CC1. The Morgan fingerprint density at radius 2 is 1.91 bits per heavy atom. The molecule has 0 spiro atoms. The number of nitrogens with one attached hydrogen (secondary N) is 1. The summed E-state index contributed by atoms with van der Waals surface area (Å²) in [5, 5.41) is 3.28. The lowest BCUT2D eigenvalue weighted by molar-refractivity contribution is -0.132. The van der Waals surface area contributed by atoms with Crippen molar-refractivity contribution in [2.45, 2.75) is 26.3 Å². The maximum atomic E-state index is 12.2. The fraction of sp³-hybridized carbons (Fsp3) is 0.526. The van der Waals surface area contributed by atoms with Crippen molar-refractivity contribution in [1.82, 2.24) is 15.1 Å². The van der Waals surface area contributed by atoms with E-state index in [4.69, 9.17) is 0 Å². The third-order valence-corrected chi connectivity index (χ3v) is 4.41. The van der Waals surface area contributed by atoms with Crippen molar-refractivity contribution in [3.63, 3.8) is 0 Å². The largest absolute Gasteiger partial charge is 0.339 e. The fourth-order valence-electron chi connectivity index (χ4n) is 2.60. The molecule has 1 amide bonds. The first kappa shape index (κ1) is 17.7. The minimum atomic E-state index is 0.227. The van der Waals surface area contributed by atoms with Gasteiger partial charge < -0.3 is 10.2 Å². The topological polar surface area (TPSA) is 35.6 Å². The van der Waals surface area contributed by atoms with Crippen molar-refractivity contribution in [3.8, 4) is 0 Å². The van der Waals surface area contributed by atoms with E-state index >= 15 is 0 Å². The predicted octanol–water partition coefficient (Wildman–Crippen LogP) is 2.23. The molecule has 0 bridgehead atoms. The van der Waals surface area contributed by atoms with Crippen LogP contribution in [0.5, 0.6) is 0 Å². The molecule has 1 aromatic carbocycles. The lowest BCUT2D eigenvalue weighted by Gasteiger charge is -2.34. The summed E-state index contributed by atoms with van der Waals surface area (Å²) in [6.07, 6.45) is 5.42. The summed E-state index contributed by atoms with van der Waals surface area (Å²) in [5.74, 6) is 0.227. The number of amides is 1. The van der Waals surface area contributed by atoms with Crippen LogP contribution in [0, 0.1) is 0 Å². The predicted molar refractivity (Wildman–Crippen MR) is 96.3 cm³/mol. The Kier molecular flexibility index (Phi) is 7.30. The van der Waals surface area contributed by atoms with Gasteiger partial charge in [0.2, 0.25) is 5.91 Å². The minimum absolute atomic E-state index is 0.227. The van der Waals surface area contributed by atoms with Gasteiger partial charge in [-0.15, -0.1) is 0 Å². The molecule has 0 aromatic heterocycles. The van der Waals surface area contributed by atoms with Crippen LogP contribution in [-0.2, 0) is 4.79 Å². The van der Waals surface area contributed by atoms with E-state index in [0.717, 1.165) is 39.1 Å². The summed E-state index contributed by atoms with van der Waals surface area (Å²) < 4.78 is 0. The third-order valence-electron chi connectivity index (χ3n) is 4.41. The van der Waals surface area contributed by atoms with Crippen LogP contribution in [-0.4, -0.2) is 61.0 Å². The summed E-state index contributed by atoms with van der Waals surface area (Å²) in [6.45, 7) is 9.22. The van der Waals surface area contributed by atoms with Crippen molar-refractivity contribution in [2.75, 3.05) is 39.3 Å². The molecule has 4 nitrogen and oxygen atoms in total. The molecule has 0 saturated carbocycles. The monoisotopic (exact) mass is 315 g/mol. The van der Waals surface area contributed by atoms with Crippen LogP contribution in [0.25, 0.3) is 6.08 Å². The van der Waals surface area contributed by atoms with E-state index in [1.165, 1.54) is 5.56 Å². The Morgan fingerprint density at radius 1 is 1.22 bits per heavy atom. The van der Waals surface area contributed by atoms with E-state index in [1.807, 2.05) is 11.0 Å². The van der Waals surface area contributed by atoms with E-state index in [0.29, 0.717) is 12.6 Å². The zero-order valence-electron chi connectivity index (χ0n) is 14.4. The van der Waals surface area contributed by atoms with Gasteiger partial charge in [0.25, 0.3) is 0 Å².